The molecule has 0 saturated carbocycles. The van der Waals surface area contributed by atoms with E-state index in [2.05, 4.69) is 0 Å². The molecule has 2 N–H and O–H groups in total. The lowest BCUT2D eigenvalue weighted by atomic mass is 10.0. The number of carbonyl (C=O) groups is 1. The van der Waals surface area contributed by atoms with Crippen LogP contribution in [0.4, 0.5) is 0 Å². The summed E-state index contributed by atoms with van der Waals surface area (Å²) in [7, 11) is -3.89. The van der Waals surface area contributed by atoms with Gasteiger partial charge in [0.25, 0.3) is 0 Å². The van der Waals surface area contributed by atoms with Crippen molar-refractivity contribution in [3.63, 3.8) is 0 Å². The summed E-state index contributed by atoms with van der Waals surface area (Å²) in [4.78, 5) is 11.9. The van der Waals surface area contributed by atoms with Gasteiger partial charge in [-0.05, 0) is 48.4 Å². The lowest BCUT2D eigenvalue weighted by Gasteiger charge is -2.09. The summed E-state index contributed by atoms with van der Waals surface area (Å²) in [5.41, 5.74) is 7.27. The summed E-state index contributed by atoms with van der Waals surface area (Å²) in [6.07, 6.45) is 0. The van der Waals surface area contributed by atoms with E-state index in [4.69, 9.17) is 10.2 Å². The Morgan fingerprint density at radius 1 is 1.00 bits per heavy atom. The topological polar surface area (TPSA) is 90.4 Å². The van der Waals surface area contributed by atoms with Gasteiger partial charge >= 0.3 is 0 Å². The van der Waals surface area contributed by atoms with E-state index in [1.54, 1.807) is 12.1 Å². The number of hydrogen-bond donors (Lipinski definition) is 1. The zero-order valence-corrected chi connectivity index (χ0v) is 14.4. The van der Waals surface area contributed by atoms with Crippen molar-refractivity contribution in [3.05, 3.63) is 72.0 Å². The molecule has 3 aromatic rings. The third kappa shape index (κ3) is 3.40. The quantitative estimate of drug-likeness (QED) is 0.708. The molecule has 25 heavy (non-hydrogen) atoms. The standard InChI is InChI=1S/C19H17NO4S/c1-13(21)15-9-16(14-5-3-2-4-6-14)11-18(10-15)25(22,23)19-8-7-17(12-20)24-19/h2-11H,12,20H2,1H3. The van der Waals surface area contributed by atoms with E-state index >= 15 is 0 Å². The van der Waals surface area contributed by atoms with Gasteiger partial charge in [-0.15, -0.1) is 0 Å². The number of carbonyl (C=O) groups excluding carboxylic acids is 1. The Balaban J connectivity index is 2.18. The minimum Gasteiger partial charge on any atom is -0.448 e. The van der Waals surface area contributed by atoms with E-state index in [1.807, 2.05) is 30.3 Å². The molecule has 0 radical (unpaired) electrons. The van der Waals surface area contributed by atoms with Gasteiger partial charge in [-0.2, -0.15) is 0 Å². The molecule has 5 nitrogen and oxygen atoms in total. The predicted octanol–water partition coefficient (Wildman–Crippen LogP) is 3.44. The van der Waals surface area contributed by atoms with Crippen LogP contribution in [0.25, 0.3) is 11.1 Å². The SMILES string of the molecule is CC(=O)c1cc(-c2ccccc2)cc(S(=O)(=O)c2ccc(CN)o2)c1. The molecular weight excluding hydrogens is 338 g/mol. The van der Waals surface area contributed by atoms with Gasteiger partial charge < -0.3 is 10.2 Å². The Hall–Kier alpha value is -2.70. The van der Waals surface area contributed by atoms with Crippen LogP contribution in [0.5, 0.6) is 0 Å². The van der Waals surface area contributed by atoms with Gasteiger partial charge in [0.15, 0.2) is 5.78 Å². The zero-order valence-electron chi connectivity index (χ0n) is 13.6. The van der Waals surface area contributed by atoms with Gasteiger partial charge in [-0.25, -0.2) is 8.42 Å². The first-order valence-electron chi connectivity index (χ1n) is 7.67. The van der Waals surface area contributed by atoms with Crippen LogP contribution in [-0.2, 0) is 16.4 Å². The summed E-state index contributed by atoms with van der Waals surface area (Å²) in [6, 6.07) is 16.8. The van der Waals surface area contributed by atoms with Gasteiger partial charge in [0.2, 0.25) is 14.9 Å². The maximum absolute atomic E-state index is 12.9. The summed E-state index contributed by atoms with van der Waals surface area (Å²) in [6.45, 7) is 1.51. The highest BCUT2D eigenvalue weighted by Gasteiger charge is 2.23. The fourth-order valence-electron chi connectivity index (χ4n) is 2.48. The third-order valence-electron chi connectivity index (χ3n) is 3.83. The highest BCUT2D eigenvalue weighted by Crippen LogP contribution is 2.29. The van der Waals surface area contributed by atoms with E-state index in [-0.39, 0.29) is 22.3 Å². The summed E-state index contributed by atoms with van der Waals surface area (Å²) >= 11 is 0. The van der Waals surface area contributed by atoms with E-state index < -0.39 is 9.84 Å². The molecule has 0 aliphatic rings. The van der Waals surface area contributed by atoms with Gasteiger partial charge in [0, 0.05) is 5.56 Å². The lowest BCUT2D eigenvalue weighted by Crippen LogP contribution is -2.04. The minimum atomic E-state index is -3.89. The molecular formula is C19H17NO4S. The van der Waals surface area contributed by atoms with Crippen LogP contribution in [-0.4, -0.2) is 14.2 Å². The molecule has 0 aliphatic carbocycles. The van der Waals surface area contributed by atoms with Crippen LogP contribution >= 0.6 is 0 Å². The van der Waals surface area contributed by atoms with E-state index in [0.717, 1.165) is 5.56 Å². The van der Waals surface area contributed by atoms with Crippen LogP contribution in [0.3, 0.4) is 0 Å². The zero-order chi connectivity index (χ0) is 18.0. The van der Waals surface area contributed by atoms with Crippen molar-refractivity contribution in [1.29, 1.82) is 0 Å². The van der Waals surface area contributed by atoms with E-state index in [9.17, 15) is 13.2 Å². The smallest absolute Gasteiger partial charge is 0.239 e. The predicted molar refractivity (Wildman–Crippen MR) is 93.9 cm³/mol. The molecule has 0 aliphatic heterocycles. The second-order valence-corrected chi connectivity index (χ2v) is 7.48. The number of Topliss-reactive ketones (excluding diaryl/α,β-unsaturated/α-hetero) is 1. The molecule has 2 aromatic carbocycles. The molecule has 128 valence electrons. The first kappa shape index (κ1) is 17.1. The van der Waals surface area contributed by atoms with Crippen molar-refractivity contribution < 1.29 is 17.6 Å². The molecule has 0 unspecified atom stereocenters. The van der Waals surface area contributed by atoms with E-state index in [0.29, 0.717) is 16.9 Å². The molecule has 3 rings (SSSR count). The maximum Gasteiger partial charge on any atom is 0.239 e. The molecule has 0 atom stereocenters. The van der Waals surface area contributed by atoms with Gasteiger partial charge in [-0.1, -0.05) is 30.3 Å². The van der Waals surface area contributed by atoms with Crippen molar-refractivity contribution in [2.75, 3.05) is 0 Å². The fourth-order valence-corrected chi connectivity index (χ4v) is 3.74. The normalized spacial score (nSPS) is 11.4. The number of ketones is 1. The number of sulfone groups is 1. The highest BCUT2D eigenvalue weighted by atomic mass is 32.2. The third-order valence-corrected chi connectivity index (χ3v) is 5.44. The Bertz CT molecular complexity index is 1020. The largest absolute Gasteiger partial charge is 0.448 e. The number of nitrogens with two attached hydrogens (primary N) is 1. The Kier molecular flexibility index (Phi) is 4.57. The first-order valence-corrected chi connectivity index (χ1v) is 9.15. The fraction of sp³-hybridized carbons (Fsp3) is 0.105. The minimum absolute atomic E-state index is 0.0111. The number of hydrogen-bond acceptors (Lipinski definition) is 5. The molecule has 6 heteroatoms. The molecule has 0 saturated heterocycles. The highest BCUT2D eigenvalue weighted by molar-refractivity contribution is 7.91. The van der Waals surface area contributed by atoms with Crippen LogP contribution in [0.2, 0.25) is 0 Å². The van der Waals surface area contributed by atoms with Crippen LogP contribution < -0.4 is 5.73 Å². The van der Waals surface area contributed by atoms with Crippen molar-refractivity contribution >= 4 is 15.6 Å². The maximum atomic E-state index is 12.9. The Labute approximate surface area is 146 Å². The molecule has 1 heterocycles. The Morgan fingerprint density at radius 3 is 2.32 bits per heavy atom. The van der Waals surface area contributed by atoms with E-state index in [1.165, 1.54) is 25.1 Å². The van der Waals surface area contributed by atoms with Gasteiger partial charge in [0.1, 0.15) is 5.76 Å². The monoisotopic (exact) mass is 355 g/mol. The van der Waals surface area contributed by atoms with Crippen molar-refractivity contribution in [1.82, 2.24) is 0 Å². The lowest BCUT2D eigenvalue weighted by molar-refractivity contribution is 0.101. The average molecular weight is 355 g/mol. The van der Waals surface area contributed by atoms with Gasteiger partial charge in [-0.3, -0.25) is 4.79 Å². The van der Waals surface area contributed by atoms with Crippen molar-refractivity contribution in [2.45, 2.75) is 23.5 Å². The first-order chi connectivity index (χ1) is 11.9. The Morgan fingerprint density at radius 2 is 1.72 bits per heavy atom. The summed E-state index contributed by atoms with van der Waals surface area (Å²) in [5, 5.41) is -0.187. The number of benzene rings is 2. The van der Waals surface area contributed by atoms with Crippen LogP contribution in [0.1, 0.15) is 23.0 Å². The number of rotatable bonds is 5. The van der Waals surface area contributed by atoms with Gasteiger partial charge in [0.05, 0.1) is 11.4 Å². The summed E-state index contributed by atoms with van der Waals surface area (Å²) in [5.74, 6) is 0.168. The molecule has 0 amide bonds. The summed E-state index contributed by atoms with van der Waals surface area (Å²) < 4.78 is 31.1. The van der Waals surface area contributed by atoms with Crippen LogP contribution in [0, 0.1) is 0 Å². The van der Waals surface area contributed by atoms with Crippen molar-refractivity contribution in [3.8, 4) is 11.1 Å². The average Bonchev–Trinajstić information content (AvgIpc) is 3.12. The second kappa shape index (κ2) is 6.66. The van der Waals surface area contributed by atoms with Crippen LogP contribution in [0.15, 0.2) is 75.1 Å². The second-order valence-electron chi connectivity index (χ2n) is 5.60. The molecule has 1 aromatic heterocycles. The molecule has 0 bridgehead atoms. The number of furan rings is 1. The molecule has 0 fully saturated rings. The molecule has 0 spiro atoms. The van der Waals surface area contributed by atoms with Crippen molar-refractivity contribution in [2.24, 2.45) is 5.73 Å².